The van der Waals surface area contributed by atoms with Crippen LogP contribution >= 0.6 is 0 Å². The molecule has 3 amide bonds. The highest BCUT2D eigenvalue weighted by atomic mass is 16.2. The van der Waals surface area contributed by atoms with Crippen LogP contribution in [-0.2, 0) is 14.4 Å². The minimum absolute atomic E-state index is 0.00650. The number of carbonyl (C=O) groups is 3. The highest BCUT2D eigenvalue weighted by molar-refractivity contribution is 6.01. The predicted molar refractivity (Wildman–Crippen MR) is 51.7 cm³/mol. The molecule has 2 heterocycles. The molecule has 82 valence electrons. The molecular weight excluding hydrogens is 196 g/mol. The van der Waals surface area contributed by atoms with Crippen molar-refractivity contribution in [1.29, 1.82) is 0 Å². The van der Waals surface area contributed by atoms with Crippen LogP contribution in [0.5, 0.6) is 0 Å². The molecule has 5 nitrogen and oxygen atoms in total. The SMILES string of the molecule is CN1C(=O)CC[C@]2(CCC(=O)NC2)C1=O. The number of likely N-dealkylation sites (tertiary alicyclic amines) is 1. The first-order chi connectivity index (χ1) is 7.05. The smallest absolute Gasteiger partial charge is 0.236 e. The summed E-state index contributed by atoms with van der Waals surface area (Å²) in [6.45, 7) is 0.377. The molecule has 2 aliphatic rings. The van der Waals surface area contributed by atoms with E-state index in [1.807, 2.05) is 0 Å². The molecule has 1 N–H and O–H groups in total. The number of nitrogens with zero attached hydrogens (tertiary/aromatic N) is 1. The summed E-state index contributed by atoms with van der Waals surface area (Å²) in [5.41, 5.74) is -0.517. The molecular formula is C10H14N2O3. The molecule has 5 heteroatoms. The molecule has 0 aromatic heterocycles. The third kappa shape index (κ3) is 1.52. The van der Waals surface area contributed by atoms with Gasteiger partial charge in [-0.2, -0.15) is 0 Å². The number of hydrogen-bond acceptors (Lipinski definition) is 3. The van der Waals surface area contributed by atoms with Crippen molar-refractivity contribution in [3.8, 4) is 0 Å². The van der Waals surface area contributed by atoms with E-state index in [-0.39, 0.29) is 17.7 Å². The molecule has 2 aliphatic heterocycles. The summed E-state index contributed by atoms with van der Waals surface area (Å²) >= 11 is 0. The Labute approximate surface area is 87.8 Å². The maximum absolute atomic E-state index is 12.0. The van der Waals surface area contributed by atoms with Crippen LogP contribution in [0.25, 0.3) is 0 Å². The lowest BCUT2D eigenvalue weighted by Gasteiger charge is -2.41. The molecule has 2 rings (SSSR count). The third-order valence-electron chi connectivity index (χ3n) is 3.40. The zero-order valence-electron chi connectivity index (χ0n) is 8.71. The molecule has 1 spiro atoms. The summed E-state index contributed by atoms with van der Waals surface area (Å²) in [5, 5.41) is 2.71. The second-order valence-corrected chi connectivity index (χ2v) is 4.31. The minimum atomic E-state index is -0.517. The van der Waals surface area contributed by atoms with Crippen molar-refractivity contribution in [2.75, 3.05) is 13.6 Å². The van der Waals surface area contributed by atoms with Gasteiger partial charge >= 0.3 is 0 Å². The zero-order chi connectivity index (χ0) is 11.1. The van der Waals surface area contributed by atoms with E-state index in [1.165, 1.54) is 11.9 Å². The van der Waals surface area contributed by atoms with Crippen molar-refractivity contribution in [2.24, 2.45) is 5.41 Å². The number of nitrogens with one attached hydrogen (secondary N) is 1. The van der Waals surface area contributed by atoms with Gasteiger partial charge in [-0.15, -0.1) is 0 Å². The molecule has 0 aromatic carbocycles. The molecule has 2 saturated heterocycles. The first kappa shape index (κ1) is 10.1. The summed E-state index contributed by atoms with van der Waals surface area (Å²) in [5.74, 6) is -0.269. The fourth-order valence-corrected chi connectivity index (χ4v) is 2.28. The van der Waals surface area contributed by atoms with Crippen LogP contribution in [0.2, 0.25) is 0 Å². The predicted octanol–water partition coefficient (Wildman–Crippen LogP) is -0.338. The summed E-state index contributed by atoms with van der Waals surface area (Å²) in [7, 11) is 1.52. The Morgan fingerprint density at radius 3 is 2.47 bits per heavy atom. The molecule has 15 heavy (non-hydrogen) atoms. The Balaban J connectivity index is 2.18. The number of carbonyl (C=O) groups excluding carboxylic acids is 3. The van der Waals surface area contributed by atoms with Crippen molar-refractivity contribution in [3.63, 3.8) is 0 Å². The van der Waals surface area contributed by atoms with Crippen molar-refractivity contribution in [3.05, 3.63) is 0 Å². The van der Waals surface area contributed by atoms with Gasteiger partial charge < -0.3 is 5.32 Å². The van der Waals surface area contributed by atoms with E-state index >= 15 is 0 Å². The van der Waals surface area contributed by atoms with Crippen LogP contribution in [0.1, 0.15) is 25.7 Å². The van der Waals surface area contributed by atoms with E-state index < -0.39 is 5.41 Å². The number of imide groups is 1. The second kappa shape index (κ2) is 3.32. The Morgan fingerprint density at radius 2 is 1.87 bits per heavy atom. The fourth-order valence-electron chi connectivity index (χ4n) is 2.28. The average Bonchev–Trinajstić information content (AvgIpc) is 2.25. The maximum Gasteiger partial charge on any atom is 0.236 e. The van der Waals surface area contributed by atoms with Crippen molar-refractivity contribution < 1.29 is 14.4 Å². The first-order valence-electron chi connectivity index (χ1n) is 5.13. The molecule has 0 aliphatic carbocycles. The summed E-state index contributed by atoms with van der Waals surface area (Å²) < 4.78 is 0. The van der Waals surface area contributed by atoms with Gasteiger partial charge in [0.25, 0.3) is 0 Å². The average molecular weight is 210 g/mol. The van der Waals surface area contributed by atoms with Crippen molar-refractivity contribution in [2.45, 2.75) is 25.7 Å². The van der Waals surface area contributed by atoms with Gasteiger partial charge in [0.05, 0.1) is 5.41 Å². The lowest BCUT2D eigenvalue weighted by Crippen LogP contribution is -2.56. The maximum atomic E-state index is 12.0. The van der Waals surface area contributed by atoms with Crippen LogP contribution in [-0.4, -0.2) is 36.2 Å². The number of amides is 3. The second-order valence-electron chi connectivity index (χ2n) is 4.31. The molecule has 2 fully saturated rings. The van der Waals surface area contributed by atoms with Gasteiger partial charge in [-0.3, -0.25) is 19.3 Å². The number of piperidine rings is 2. The van der Waals surface area contributed by atoms with Gasteiger partial charge in [0.15, 0.2) is 0 Å². The molecule has 0 saturated carbocycles. The van der Waals surface area contributed by atoms with Gasteiger partial charge in [0, 0.05) is 26.4 Å². The van der Waals surface area contributed by atoms with E-state index in [1.54, 1.807) is 0 Å². The number of hydrogen-bond donors (Lipinski definition) is 1. The van der Waals surface area contributed by atoms with E-state index in [9.17, 15) is 14.4 Å². The largest absolute Gasteiger partial charge is 0.355 e. The molecule has 1 atom stereocenters. The topological polar surface area (TPSA) is 66.5 Å². The van der Waals surface area contributed by atoms with Crippen LogP contribution in [0.3, 0.4) is 0 Å². The molecule has 0 bridgehead atoms. The fraction of sp³-hybridized carbons (Fsp3) is 0.700. The molecule has 0 aromatic rings. The van der Waals surface area contributed by atoms with Crippen molar-refractivity contribution >= 4 is 17.7 Å². The van der Waals surface area contributed by atoms with Gasteiger partial charge in [0.1, 0.15) is 0 Å². The zero-order valence-corrected chi connectivity index (χ0v) is 8.71. The van der Waals surface area contributed by atoms with Crippen LogP contribution in [0.4, 0.5) is 0 Å². The Hall–Kier alpha value is -1.39. The van der Waals surface area contributed by atoms with Gasteiger partial charge in [-0.05, 0) is 12.8 Å². The van der Waals surface area contributed by atoms with Gasteiger partial charge in [-0.1, -0.05) is 0 Å². The first-order valence-corrected chi connectivity index (χ1v) is 5.13. The highest BCUT2D eigenvalue weighted by Crippen LogP contribution is 2.37. The Morgan fingerprint density at radius 1 is 1.20 bits per heavy atom. The Bertz CT molecular complexity index is 322. The minimum Gasteiger partial charge on any atom is -0.355 e. The van der Waals surface area contributed by atoms with Crippen LogP contribution in [0.15, 0.2) is 0 Å². The third-order valence-corrected chi connectivity index (χ3v) is 3.40. The van der Waals surface area contributed by atoms with E-state index in [2.05, 4.69) is 5.32 Å². The van der Waals surface area contributed by atoms with Gasteiger partial charge in [-0.25, -0.2) is 0 Å². The quantitative estimate of drug-likeness (QED) is 0.556. The normalized spacial score (nSPS) is 32.1. The lowest BCUT2D eigenvalue weighted by molar-refractivity contribution is -0.157. The van der Waals surface area contributed by atoms with E-state index in [0.717, 1.165) is 0 Å². The number of rotatable bonds is 0. The monoisotopic (exact) mass is 210 g/mol. The Kier molecular flexibility index (Phi) is 2.25. The summed E-state index contributed by atoms with van der Waals surface area (Å²) in [6, 6.07) is 0. The lowest BCUT2D eigenvalue weighted by atomic mass is 9.73. The highest BCUT2D eigenvalue weighted by Gasteiger charge is 2.47. The van der Waals surface area contributed by atoms with Crippen LogP contribution in [0, 0.1) is 5.41 Å². The van der Waals surface area contributed by atoms with E-state index in [0.29, 0.717) is 32.2 Å². The van der Waals surface area contributed by atoms with Gasteiger partial charge in [0.2, 0.25) is 17.7 Å². The standard InChI is InChI=1S/C10H14N2O3/c1-12-8(14)3-5-10(9(12)15)4-2-7(13)11-6-10/h2-6H2,1H3,(H,11,13)/t10-/m0/s1. The van der Waals surface area contributed by atoms with Crippen molar-refractivity contribution in [1.82, 2.24) is 10.2 Å². The summed E-state index contributed by atoms with van der Waals surface area (Å²) in [6.07, 6.45) is 1.91. The van der Waals surface area contributed by atoms with E-state index in [4.69, 9.17) is 0 Å². The molecule has 0 unspecified atom stereocenters. The molecule has 0 radical (unpaired) electrons. The summed E-state index contributed by atoms with van der Waals surface area (Å²) in [4.78, 5) is 35.5. The van der Waals surface area contributed by atoms with Crippen LogP contribution < -0.4 is 5.32 Å².